The first-order valence-corrected chi connectivity index (χ1v) is 9.83. The molecule has 1 fully saturated rings. The zero-order valence-corrected chi connectivity index (χ0v) is 16.5. The molecule has 2 aliphatic rings. The van der Waals surface area contributed by atoms with Crippen LogP contribution in [0, 0.1) is 13.8 Å². The van der Waals surface area contributed by atoms with Crippen LogP contribution in [0.25, 0.3) is 0 Å². The largest absolute Gasteiger partial charge is 0.369 e. The number of fused-ring (bicyclic) bond motifs is 1. The van der Waals surface area contributed by atoms with Gasteiger partial charge in [-0.05, 0) is 38.0 Å². The Bertz CT molecular complexity index is 837. The molecule has 0 aliphatic carbocycles. The number of aromatic nitrogens is 3. The van der Waals surface area contributed by atoms with E-state index in [4.69, 9.17) is 0 Å². The third-order valence-electron chi connectivity index (χ3n) is 5.94. The molecule has 1 saturated heterocycles. The quantitative estimate of drug-likeness (QED) is 0.822. The van der Waals surface area contributed by atoms with Gasteiger partial charge >= 0.3 is 0 Å². The Kier molecular flexibility index (Phi) is 4.86. The number of carbonyl (C=O) groups is 1. The molecule has 144 valence electrons. The number of carbonyl (C=O) groups excluding carboxylic acids is 1. The average Bonchev–Trinajstić information content (AvgIpc) is 3.09. The number of nitrogens with zero attached hydrogens (tertiary/aromatic N) is 6. The molecule has 0 spiro atoms. The molecular weight excluding hydrogens is 340 g/mol. The van der Waals surface area contributed by atoms with Gasteiger partial charge in [-0.3, -0.25) is 9.69 Å². The minimum Gasteiger partial charge on any atom is -0.369 e. The van der Waals surface area contributed by atoms with Crippen LogP contribution in [0.1, 0.15) is 34.5 Å². The number of hydrogen-bond acceptors (Lipinski definition) is 5. The molecule has 1 aromatic carbocycles. The van der Waals surface area contributed by atoms with Crippen molar-refractivity contribution < 1.29 is 4.79 Å². The third kappa shape index (κ3) is 3.32. The predicted octanol–water partition coefficient (Wildman–Crippen LogP) is 1.69. The highest BCUT2D eigenvalue weighted by molar-refractivity contribution is 5.91. The number of likely N-dealkylation sites (N-methyl/N-ethyl adjacent to an activating group) is 1. The normalized spacial score (nSPS) is 18.1. The van der Waals surface area contributed by atoms with Crippen LogP contribution in [-0.2, 0) is 13.1 Å². The van der Waals surface area contributed by atoms with Gasteiger partial charge in [0.05, 0.1) is 6.54 Å². The molecule has 1 aromatic heterocycles. The minimum absolute atomic E-state index is 0.00208. The maximum Gasteiger partial charge on any atom is 0.291 e. The van der Waals surface area contributed by atoms with E-state index in [1.54, 1.807) is 0 Å². The highest BCUT2D eigenvalue weighted by Crippen LogP contribution is 2.24. The van der Waals surface area contributed by atoms with E-state index >= 15 is 0 Å². The number of benzene rings is 1. The monoisotopic (exact) mass is 368 g/mol. The van der Waals surface area contributed by atoms with E-state index in [0.717, 1.165) is 58.2 Å². The summed E-state index contributed by atoms with van der Waals surface area (Å²) in [5, 5.41) is 8.49. The highest BCUT2D eigenvalue weighted by atomic mass is 16.2. The van der Waals surface area contributed by atoms with Crippen LogP contribution in [0.4, 0.5) is 5.69 Å². The summed E-state index contributed by atoms with van der Waals surface area (Å²) in [4.78, 5) is 19.1. The molecule has 0 N–H and O–H groups in total. The fourth-order valence-corrected chi connectivity index (χ4v) is 4.04. The number of anilines is 1. The van der Waals surface area contributed by atoms with Crippen molar-refractivity contribution in [3.05, 3.63) is 41.0 Å². The topological polar surface area (TPSA) is 57.5 Å². The van der Waals surface area contributed by atoms with Crippen molar-refractivity contribution in [3.63, 3.8) is 0 Å². The Labute approximate surface area is 160 Å². The third-order valence-corrected chi connectivity index (χ3v) is 5.94. The first kappa shape index (κ1) is 18.0. The van der Waals surface area contributed by atoms with E-state index in [1.165, 1.54) is 16.8 Å². The summed E-state index contributed by atoms with van der Waals surface area (Å²) in [5.41, 5.74) is 4.06. The van der Waals surface area contributed by atoms with E-state index in [9.17, 15) is 4.79 Å². The maximum absolute atomic E-state index is 12.4. The molecule has 0 unspecified atom stereocenters. The van der Waals surface area contributed by atoms with Crippen LogP contribution < -0.4 is 4.90 Å². The zero-order valence-electron chi connectivity index (χ0n) is 16.5. The second-order valence-electron chi connectivity index (χ2n) is 7.46. The predicted molar refractivity (Wildman–Crippen MR) is 105 cm³/mol. The van der Waals surface area contributed by atoms with Crippen molar-refractivity contribution in [2.24, 2.45) is 0 Å². The van der Waals surface area contributed by atoms with Gasteiger partial charge in [0.15, 0.2) is 0 Å². The summed E-state index contributed by atoms with van der Waals surface area (Å²) >= 11 is 0. The lowest BCUT2D eigenvalue weighted by Crippen LogP contribution is -2.47. The Morgan fingerprint density at radius 2 is 1.78 bits per heavy atom. The second kappa shape index (κ2) is 7.31. The first-order chi connectivity index (χ1) is 13.1. The van der Waals surface area contributed by atoms with Crippen molar-refractivity contribution in [2.45, 2.75) is 33.9 Å². The summed E-state index contributed by atoms with van der Waals surface area (Å²) < 4.78 is 2.01. The van der Waals surface area contributed by atoms with E-state index in [0.29, 0.717) is 5.82 Å². The molecular formula is C20H28N6O. The number of piperazine rings is 1. The Balaban J connectivity index is 1.41. The highest BCUT2D eigenvalue weighted by Gasteiger charge is 2.29. The molecule has 0 radical (unpaired) electrons. The van der Waals surface area contributed by atoms with Crippen molar-refractivity contribution in [2.75, 3.05) is 44.2 Å². The number of aryl methyl sites for hydroxylation is 1. The number of rotatable bonds is 4. The summed E-state index contributed by atoms with van der Waals surface area (Å²) in [6.07, 6.45) is 0. The van der Waals surface area contributed by atoms with Crippen molar-refractivity contribution >= 4 is 11.6 Å². The van der Waals surface area contributed by atoms with Gasteiger partial charge in [-0.1, -0.05) is 12.1 Å². The fourth-order valence-electron chi connectivity index (χ4n) is 4.04. The van der Waals surface area contributed by atoms with Crippen molar-refractivity contribution in [1.82, 2.24) is 24.6 Å². The number of amides is 1. The molecule has 7 heteroatoms. The molecule has 2 aliphatic heterocycles. The van der Waals surface area contributed by atoms with Gasteiger partial charge in [0.2, 0.25) is 5.82 Å². The first-order valence-electron chi connectivity index (χ1n) is 9.83. The van der Waals surface area contributed by atoms with Crippen LogP contribution in [0.2, 0.25) is 0 Å². The molecule has 27 heavy (non-hydrogen) atoms. The molecule has 1 amide bonds. The van der Waals surface area contributed by atoms with Gasteiger partial charge in [-0.2, -0.15) is 0 Å². The molecule has 2 aromatic rings. The minimum atomic E-state index is 0.00208. The van der Waals surface area contributed by atoms with Crippen molar-refractivity contribution in [3.8, 4) is 0 Å². The molecule has 7 nitrogen and oxygen atoms in total. The van der Waals surface area contributed by atoms with Gasteiger partial charge in [0.25, 0.3) is 5.91 Å². The summed E-state index contributed by atoms with van der Waals surface area (Å²) in [7, 11) is 0. The van der Waals surface area contributed by atoms with Gasteiger partial charge in [-0.25, -0.2) is 0 Å². The maximum atomic E-state index is 12.4. The van der Waals surface area contributed by atoms with Gasteiger partial charge < -0.3 is 14.4 Å². The summed E-state index contributed by atoms with van der Waals surface area (Å²) in [6.45, 7) is 13.4. The number of hydrogen-bond donors (Lipinski definition) is 0. The SMILES string of the molecule is CCN1CCn2c(CN3CCN(c4cccc(C)c4C)CC3)nnc2C1=O. The standard InChI is InChI=1S/C20H28N6O/c1-4-24-12-13-26-18(21-22-19(26)20(24)27)14-23-8-10-25(11-9-23)17-7-5-6-15(2)16(17)3/h5-7H,4,8-14H2,1-3H3. The van der Waals surface area contributed by atoms with E-state index < -0.39 is 0 Å². The average molecular weight is 368 g/mol. The van der Waals surface area contributed by atoms with Gasteiger partial charge in [0, 0.05) is 51.5 Å². The van der Waals surface area contributed by atoms with Crippen molar-refractivity contribution in [1.29, 1.82) is 0 Å². The fraction of sp³-hybridized carbons (Fsp3) is 0.550. The summed E-state index contributed by atoms with van der Waals surface area (Å²) in [6, 6.07) is 6.53. The van der Waals surface area contributed by atoms with Gasteiger partial charge in [0.1, 0.15) is 5.82 Å². The molecule has 0 atom stereocenters. The van der Waals surface area contributed by atoms with Crippen LogP contribution >= 0.6 is 0 Å². The van der Waals surface area contributed by atoms with E-state index in [-0.39, 0.29) is 5.91 Å². The van der Waals surface area contributed by atoms with Crippen LogP contribution in [-0.4, -0.2) is 69.7 Å². The van der Waals surface area contributed by atoms with Gasteiger partial charge in [-0.15, -0.1) is 10.2 Å². The van der Waals surface area contributed by atoms with E-state index in [1.807, 2.05) is 16.4 Å². The van der Waals surface area contributed by atoms with E-state index in [2.05, 4.69) is 52.0 Å². The second-order valence-corrected chi connectivity index (χ2v) is 7.46. The Morgan fingerprint density at radius 1 is 1.00 bits per heavy atom. The van der Waals surface area contributed by atoms with Crippen LogP contribution in [0.3, 0.4) is 0 Å². The molecule has 4 rings (SSSR count). The van der Waals surface area contributed by atoms with Crippen LogP contribution in [0.5, 0.6) is 0 Å². The smallest absolute Gasteiger partial charge is 0.291 e. The molecule has 3 heterocycles. The summed E-state index contributed by atoms with van der Waals surface area (Å²) in [5.74, 6) is 1.41. The molecule has 0 saturated carbocycles. The Morgan fingerprint density at radius 3 is 2.52 bits per heavy atom. The zero-order chi connectivity index (χ0) is 19.0. The Hall–Kier alpha value is -2.41. The molecule has 0 bridgehead atoms. The lowest BCUT2D eigenvalue weighted by atomic mass is 10.1. The van der Waals surface area contributed by atoms with Crippen LogP contribution in [0.15, 0.2) is 18.2 Å². The lowest BCUT2D eigenvalue weighted by Gasteiger charge is -2.37. The lowest BCUT2D eigenvalue weighted by molar-refractivity contribution is 0.0704.